The summed E-state index contributed by atoms with van der Waals surface area (Å²) >= 11 is 1.60. The molecule has 2 aromatic heterocycles. The molecule has 6 nitrogen and oxygen atoms in total. The molecule has 7 heteroatoms. The van der Waals surface area contributed by atoms with Crippen LogP contribution in [0.25, 0.3) is 0 Å². The maximum atomic E-state index is 11.8. The second kappa shape index (κ2) is 5.62. The van der Waals surface area contributed by atoms with Crippen molar-refractivity contribution in [2.24, 2.45) is 0 Å². The van der Waals surface area contributed by atoms with Crippen molar-refractivity contribution in [2.45, 2.75) is 33.7 Å². The van der Waals surface area contributed by atoms with E-state index < -0.39 is 5.97 Å². The van der Waals surface area contributed by atoms with Crippen LogP contribution in [0.15, 0.2) is 6.20 Å². The van der Waals surface area contributed by atoms with Crippen molar-refractivity contribution in [3.63, 3.8) is 0 Å². The van der Waals surface area contributed by atoms with Gasteiger partial charge >= 0.3 is 5.97 Å². The van der Waals surface area contributed by atoms with Crippen LogP contribution >= 0.6 is 11.3 Å². The predicted molar refractivity (Wildman–Crippen MR) is 78.0 cm³/mol. The molecule has 0 radical (unpaired) electrons. The molecule has 0 aliphatic carbocycles. The largest absolute Gasteiger partial charge is 0.461 e. The Bertz CT molecular complexity index is 632. The zero-order valence-electron chi connectivity index (χ0n) is 12.0. The van der Waals surface area contributed by atoms with Gasteiger partial charge < -0.3 is 15.0 Å². The first-order valence-electron chi connectivity index (χ1n) is 6.39. The summed E-state index contributed by atoms with van der Waals surface area (Å²) in [7, 11) is 0. The Kier molecular flexibility index (Phi) is 4.08. The second-order valence-corrected chi connectivity index (χ2v) is 5.73. The van der Waals surface area contributed by atoms with Gasteiger partial charge in [-0.2, -0.15) is 0 Å². The quantitative estimate of drug-likeness (QED) is 0.875. The third kappa shape index (κ3) is 2.53. The van der Waals surface area contributed by atoms with Crippen molar-refractivity contribution in [2.75, 3.05) is 12.3 Å². The van der Waals surface area contributed by atoms with E-state index >= 15 is 0 Å². The van der Waals surface area contributed by atoms with Crippen LogP contribution in [-0.2, 0) is 4.74 Å². The first kappa shape index (κ1) is 14.5. The van der Waals surface area contributed by atoms with Crippen molar-refractivity contribution >= 4 is 23.1 Å². The molecule has 0 saturated heterocycles. The number of imidazole rings is 1. The van der Waals surface area contributed by atoms with Crippen LogP contribution in [0.1, 0.15) is 46.1 Å². The lowest BCUT2D eigenvalue weighted by molar-refractivity contribution is 0.0521. The molecule has 0 aliphatic heterocycles. The van der Waals surface area contributed by atoms with Crippen LogP contribution in [0.5, 0.6) is 0 Å². The van der Waals surface area contributed by atoms with Gasteiger partial charge in [-0.1, -0.05) is 0 Å². The van der Waals surface area contributed by atoms with Gasteiger partial charge in [0.25, 0.3) is 0 Å². The van der Waals surface area contributed by atoms with E-state index in [2.05, 4.69) is 9.97 Å². The van der Waals surface area contributed by atoms with Gasteiger partial charge in [0.1, 0.15) is 16.6 Å². The van der Waals surface area contributed by atoms with Gasteiger partial charge in [-0.05, 0) is 27.7 Å². The number of aryl methyl sites for hydroxylation is 2. The molecular formula is C13H18N4O2S. The zero-order valence-corrected chi connectivity index (χ0v) is 12.8. The van der Waals surface area contributed by atoms with E-state index in [1.807, 2.05) is 31.5 Å². The summed E-state index contributed by atoms with van der Waals surface area (Å²) in [5.41, 5.74) is 6.23. The smallest absolute Gasteiger partial charge is 0.360 e. The summed E-state index contributed by atoms with van der Waals surface area (Å²) in [5, 5.41) is 0.935. The minimum atomic E-state index is -0.491. The number of nitrogens with zero attached hydrogens (tertiary/aromatic N) is 3. The Morgan fingerprint density at radius 3 is 2.80 bits per heavy atom. The number of hydrogen-bond acceptors (Lipinski definition) is 6. The number of nitrogen functional groups attached to an aromatic ring is 1. The lowest BCUT2D eigenvalue weighted by Gasteiger charge is -2.14. The molecule has 0 saturated carbocycles. The minimum Gasteiger partial charge on any atom is -0.461 e. The second-order valence-electron chi connectivity index (χ2n) is 4.47. The molecule has 2 N–H and O–H groups in total. The Hall–Kier alpha value is -1.89. The maximum Gasteiger partial charge on any atom is 0.360 e. The monoisotopic (exact) mass is 294 g/mol. The van der Waals surface area contributed by atoms with Crippen molar-refractivity contribution in [3.8, 4) is 0 Å². The molecule has 20 heavy (non-hydrogen) atoms. The molecule has 0 aromatic carbocycles. The van der Waals surface area contributed by atoms with Gasteiger partial charge in [0.05, 0.1) is 12.6 Å². The molecule has 0 fully saturated rings. The highest BCUT2D eigenvalue weighted by atomic mass is 32.1. The lowest BCUT2D eigenvalue weighted by atomic mass is 10.3. The number of hydrogen-bond donors (Lipinski definition) is 1. The zero-order chi connectivity index (χ0) is 14.9. The highest BCUT2D eigenvalue weighted by Gasteiger charge is 2.24. The molecule has 2 aromatic rings. The Balaban J connectivity index is 2.40. The van der Waals surface area contributed by atoms with Crippen molar-refractivity contribution in [3.05, 3.63) is 27.6 Å². The van der Waals surface area contributed by atoms with Crippen molar-refractivity contribution < 1.29 is 9.53 Å². The van der Waals surface area contributed by atoms with Gasteiger partial charge in [-0.3, -0.25) is 0 Å². The van der Waals surface area contributed by atoms with E-state index in [1.54, 1.807) is 18.3 Å². The van der Waals surface area contributed by atoms with E-state index in [0.29, 0.717) is 18.2 Å². The Morgan fingerprint density at radius 1 is 1.55 bits per heavy atom. The number of carbonyl (C=O) groups is 1. The number of carbonyl (C=O) groups excluding carboxylic acids is 1. The molecule has 0 aliphatic rings. The van der Waals surface area contributed by atoms with Crippen LogP contribution in [0, 0.1) is 13.8 Å². The van der Waals surface area contributed by atoms with E-state index in [-0.39, 0.29) is 11.7 Å². The fourth-order valence-corrected chi connectivity index (χ4v) is 2.89. The Morgan fingerprint density at radius 2 is 2.25 bits per heavy atom. The molecule has 2 heterocycles. The fourth-order valence-electron chi connectivity index (χ4n) is 2.08. The first-order chi connectivity index (χ1) is 9.45. The van der Waals surface area contributed by atoms with Gasteiger partial charge in [-0.25, -0.2) is 14.8 Å². The third-order valence-corrected chi connectivity index (χ3v) is 4.06. The number of ether oxygens (including phenoxy) is 1. The van der Waals surface area contributed by atoms with E-state index in [1.165, 1.54) is 0 Å². The van der Waals surface area contributed by atoms with Gasteiger partial charge in [-0.15, -0.1) is 11.3 Å². The van der Waals surface area contributed by atoms with Gasteiger partial charge in [0, 0.05) is 11.1 Å². The lowest BCUT2D eigenvalue weighted by Crippen LogP contribution is -2.13. The van der Waals surface area contributed by atoms with Crippen molar-refractivity contribution in [1.29, 1.82) is 0 Å². The summed E-state index contributed by atoms with van der Waals surface area (Å²) in [6.07, 6.45) is 1.82. The third-order valence-electron chi connectivity index (χ3n) is 2.98. The SMILES string of the molecule is CCOC(=O)c1nc(C)n(C(C)c2ncc(C)s2)c1N. The van der Waals surface area contributed by atoms with E-state index in [9.17, 15) is 4.79 Å². The summed E-state index contributed by atoms with van der Waals surface area (Å²) in [4.78, 5) is 21.5. The number of esters is 1. The summed E-state index contributed by atoms with van der Waals surface area (Å²) < 4.78 is 6.77. The van der Waals surface area contributed by atoms with Crippen LogP contribution in [-0.4, -0.2) is 27.1 Å². The molecule has 0 amide bonds. The molecule has 0 bridgehead atoms. The normalized spacial score (nSPS) is 12.4. The first-order valence-corrected chi connectivity index (χ1v) is 7.21. The molecule has 108 valence electrons. The van der Waals surface area contributed by atoms with Gasteiger partial charge in [0.2, 0.25) is 0 Å². The maximum absolute atomic E-state index is 11.8. The number of aromatic nitrogens is 3. The van der Waals surface area contributed by atoms with Crippen LogP contribution in [0.3, 0.4) is 0 Å². The number of nitrogens with two attached hydrogens (primary N) is 1. The van der Waals surface area contributed by atoms with Crippen molar-refractivity contribution in [1.82, 2.24) is 14.5 Å². The molecule has 1 unspecified atom stereocenters. The van der Waals surface area contributed by atoms with Crippen LogP contribution in [0.2, 0.25) is 0 Å². The number of anilines is 1. The minimum absolute atomic E-state index is 0.0654. The number of rotatable bonds is 4. The van der Waals surface area contributed by atoms with Crippen LogP contribution < -0.4 is 5.73 Å². The highest BCUT2D eigenvalue weighted by molar-refractivity contribution is 7.11. The fraction of sp³-hybridized carbons (Fsp3) is 0.462. The Labute approximate surface area is 121 Å². The predicted octanol–water partition coefficient (Wildman–Crippen LogP) is 2.32. The topological polar surface area (TPSA) is 83.0 Å². The summed E-state index contributed by atoms with van der Waals surface area (Å²) in [5.74, 6) is 0.501. The summed E-state index contributed by atoms with van der Waals surface area (Å²) in [6.45, 7) is 7.85. The standard InChI is InChI=1S/C13H18N4O2S/c1-5-19-13(18)10-11(14)17(9(4)16-10)8(3)12-15-6-7(2)20-12/h6,8H,5,14H2,1-4H3. The van der Waals surface area contributed by atoms with Crippen LogP contribution in [0.4, 0.5) is 5.82 Å². The highest BCUT2D eigenvalue weighted by Crippen LogP contribution is 2.28. The average Bonchev–Trinajstić information content (AvgIpc) is 2.94. The van der Waals surface area contributed by atoms with E-state index in [4.69, 9.17) is 10.5 Å². The summed E-state index contributed by atoms with van der Waals surface area (Å²) in [6, 6.07) is -0.0654. The molecule has 0 spiro atoms. The van der Waals surface area contributed by atoms with E-state index in [0.717, 1.165) is 9.88 Å². The molecule has 1 atom stereocenters. The van der Waals surface area contributed by atoms with Gasteiger partial charge in [0.15, 0.2) is 5.69 Å². The molecular weight excluding hydrogens is 276 g/mol. The average molecular weight is 294 g/mol. The number of thiazole rings is 1. The molecule has 2 rings (SSSR count).